The molecular weight excluding hydrogens is 312 g/mol. The van der Waals surface area contributed by atoms with Crippen LogP contribution in [0.2, 0.25) is 0 Å². The first-order valence-corrected chi connectivity index (χ1v) is 7.30. The molecule has 0 aliphatic carbocycles. The van der Waals surface area contributed by atoms with Gasteiger partial charge in [-0.05, 0) is 24.6 Å². The number of nitrogens with one attached hydrogen (secondary N) is 2. The summed E-state index contributed by atoms with van der Waals surface area (Å²) in [5.41, 5.74) is 1.43. The standard InChI is InChI=1S/C17H20N2O5/c1-5-8-24-16(20)14-10(2)18-17(21)19-15(14)11-6-7-12(22-3)13(9-11)23-4/h5-7,9,15H,1,8H2,2-4H3,(H2,18,19,21)/t15-/m0/s1. The lowest BCUT2D eigenvalue weighted by molar-refractivity contribution is -0.138. The van der Waals surface area contributed by atoms with Crippen molar-refractivity contribution < 1.29 is 23.8 Å². The number of carbonyl (C=O) groups excluding carboxylic acids is 2. The summed E-state index contributed by atoms with van der Waals surface area (Å²) in [6, 6.07) is 4.13. The molecule has 1 aromatic carbocycles. The van der Waals surface area contributed by atoms with Crippen LogP contribution in [0.4, 0.5) is 4.79 Å². The zero-order chi connectivity index (χ0) is 17.7. The highest BCUT2D eigenvalue weighted by Gasteiger charge is 2.32. The molecule has 2 amide bonds. The number of ether oxygens (including phenoxy) is 3. The van der Waals surface area contributed by atoms with Gasteiger partial charge in [-0.3, -0.25) is 0 Å². The zero-order valence-corrected chi connectivity index (χ0v) is 13.8. The molecule has 0 radical (unpaired) electrons. The van der Waals surface area contributed by atoms with Gasteiger partial charge in [0.15, 0.2) is 11.5 Å². The van der Waals surface area contributed by atoms with Crippen molar-refractivity contribution in [3.05, 3.63) is 47.7 Å². The summed E-state index contributed by atoms with van der Waals surface area (Å²) in [6.45, 7) is 5.25. The molecule has 7 heteroatoms. The second-order valence-electron chi connectivity index (χ2n) is 5.07. The first kappa shape index (κ1) is 17.4. The Bertz CT molecular complexity index is 696. The number of methoxy groups -OCH3 is 2. The number of hydrogen-bond acceptors (Lipinski definition) is 5. The van der Waals surface area contributed by atoms with E-state index < -0.39 is 18.0 Å². The summed E-state index contributed by atoms with van der Waals surface area (Å²) in [5.74, 6) is 0.525. The fourth-order valence-corrected chi connectivity index (χ4v) is 2.46. The lowest BCUT2D eigenvalue weighted by atomic mass is 9.95. The van der Waals surface area contributed by atoms with E-state index in [9.17, 15) is 9.59 Å². The number of benzene rings is 1. The molecule has 7 nitrogen and oxygen atoms in total. The molecule has 0 spiro atoms. The summed E-state index contributed by atoms with van der Waals surface area (Å²) < 4.78 is 15.6. The first-order chi connectivity index (χ1) is 11.5. The van der Waals surface area contributed by atoms with E-state index in [1.807, 2.05) is 0 Å². The predicted molar refractivity (Wildman–Crippen MR) is 87.8 cm³/mol. The van der Waals surface area contributed by atoms with E-state index in [0.29, 0.717) is 28.3 Å². The predicted octanol–water partition coefficient (Wildman–Crippen LogP) is 2.06. The Labute approximate surface area is 140 Å². The van der Waals surface area contributed by atoms with Gasteiger partial charge in [0, 0.05) is 5.70 Å². The van der Waals surface area contributed by atoms with Crippen LogP contribution in [0.5, 0.6) is 11.5 Å². The molecule has 0 fully saturated rings. The van der Waals surface area contributed by atoms with Crippen molar-refractivity contribution in [2.75, 3.05) is 20.8 Å². The summed E-state index contributed by atoms with van der Waals surface area (Å²) in [4.78, 5) is 24.2. The minimum Gasteiger partial charge on any atom is -0.493 e. The Hall–Kier alpha value is -2.96. The summed E-state index contributed by atoms with van der Waals surface area (Å²) in [5, 5.41) is 5.31. The van der Waals surface area contributed by atoms with Crippen LogP contribution in [0.25, 0.3) is 0 Å². The Morgan fingerprint density at radius 1 is 1.29 bits per heavy atom. The largest absolute Gasteiger partial charge is 0.493 e. The van der Waals surface area contributed by atoms with Crippen LogP contribution in [0.15, 0.2) is 42.1 Å². The van der Waals surface area contributed by atoms with Crippen molar-refractivity contribution in [2.45, 2.75) is 13.0 Å². The smallest absolute Gasteiger partial charge is 0.338 e. The van der Waals surface area contributed by atoms with Crippen LogP contribution < -0.4 is 20.1 Å². The Balaban J connectivity index is 2.44. The zero-order valence-electron chi connectivity index (χ0n) is 13.8. The molecule has 0 unspecified atom stereocenters. The monoisotopic (exact) mass is 332 g/mol. The molecule has 128 valence electrons. The van der Waals surface area contributed by atoms with Gasteiger partial charge >= 0.3 is 12.0 Å². The Morgan fingerprint density at radius 3 is 2.62 bits per heavy atom. The summed E-state index contributed by atoms with van der Waals surface area (Å²) in [7, 11) is 3.05. The summed E-state index contributed by atoms with van der Waals surface area (Å²) in [6.07, 6.45) is 1.48. The molecule has 2 N–H and O–H groups in total. The first-order valence-electron chi connectivity index (χ1n) is 7.30. The van der Waals surface area contributed by atoms with Crippen LogP contribution in [-0.2, 0) is 9.53 Å². The summed E-state index contributed by atoms with van der Waals surface area (Å²) >= 11 is 0. The molecule has 1 aromatic rings. The topological polar surface area (TPSA) is 85.9 Å². The minimum atomic E-state index is -0.657. The SMILES string of the molecule is C=CCOC(=O)C1=C(C)NC(=O)N[C@H]1c1ccc(OC)c(OC)c1. The average Bonchev–Trinajstić information content (AvgIpc) is 2.58. The molecule has 0 saturated heterocycles. The van der Waals surface area contributed by atoms with E-state index in [2.05, 4.69) is 17.2 Å². The van der Waals surface area contributed by atoms with Crippen LogP contribution in [-0.4, -0.2) is 32.8 Å². The average molecular weight is 332 g/mol. The maximum Gasteiger partial charge on any atom is 0.338 e. The number of rotatable bonds is 6. The Kier molecular flexibility index (Phi) is 5.47. The van der Waals surface area contributed by atoms with Crippen LogP contribution >= 0.6 is 0 Å². The highest BCUT2D eigenvalue weighted by atomic mass is 16.5. The molecule has 1 heterocycles. The highest BCUT2D eigenvalue weighted by molar-refractivity contribution is 5.95. The maximum absolute atomic E-state index is 12.4. The molecule has 1 aliphatic heterocycles. The van der Waals surface area contributed by atoms with Gasteiger partial charge in [-0.2, -0.15) is 0 Å². The van der Waals surface area contributed by atoms with Gasteiger partial charge in [0.1, 0.15) is 6.61 Å². The second kappa shape index (κ2) is 7.54. The molecule has 1 aliphatic rings. The number of carbonyl (C=O) groups is 2. The van der Waals surface area contributed by atoms with E-state index in [4.69, 9.17) is 14.2 Å². The number of hydrogen-bond donors (Lipinski definition) is 2. The normalized spacial score (nSPS) is 16.8. The van der Waals surface area contributed by atoms with Crippen molar-refractivity contribution >= 4 is 12.0 Å². The molecule has 0 saturated carbocycles. The van der Waals surface area contributed by atoms with Gasteiger partial charge in [-0.1, -0.05) is 18.7 Å². The Morgan fingerprint density at radius 2 is 2.00 bits per heavy atom. The third-order valence-electron chi connectivity index (χ3n) is 3.56. The van der Waals surface area contributed by atoms with Gasteiger partial charge in [0.25, 0.3) is 0 Å². The molecule has 0 aromatic heterocycles. The van der Waals surface area contributed by atoms with Gasteiger partial charge in [-0.15, -0.1) is 0 Å². The third-order valence-corrected chi connectivity index (χ3v) is 3.56. The van der Waals surface area contributed by atoms with Crippen molar-refractivity contribution in [1.29, 1.82) is 0 Å². The number of amides is 2. The van der Waals surface area contributed by atoms with Crippen LogP contribution in [0.1, 0.15) is 18.5 Å². The van der Waals surface area contributed by atoms with E-state index in [1.54, 1.807) is 25.1 Å². The van der Waals surface area contributed by atoms with Crippen molar-refractivity contribution in [3.8, 4) is 11.5 Å². The van der Waals surface area contributed by atoms with Gasteiger partial charge in [0.05, 0.1) is 25.8 Å². The van der Waals surface area contributed by atoms with Crippen molar-refractivity contribution in [2.24, 2.45) is 0 Å². The van der Waals surface area contributed by atoms with E-state index in [1.165, 1.54) is 20.3 Å². The highest BCUT2D eigenvalue weighted by Crippen LogP contribution is 2.34. The molecule has 1 atom stereocenters. The molecule has 0 bridgehead atoms. The van der Waals surface area contributed by atoms with E-state index >= 15 is 0 Å². The minimum absolute atomic E-state index is 0.0855. The second-order valence-corrected chi connectivity index (χ2v) is 5.07. The lowest BCUT2D eigenvalue weighted by Crippen LogP contribution is -2.45. The maximum atomic E-state index is 12.4. The molecule has 24 heavy (non-hydrogen) atoms. The van der Waals surface area contributed by atoms with Crippen LogP contribution in [0, 0.1) is 0 Å². The number of urea groups is 1. The lowest BCUT2D eigenvalue weighted by Gasteiger charge is -2.28. The van der Waals surface area contributed by atoms with Gasteiger partial charge in [0.2, 0.25) is 0 Å². The van der Waals surface area contributed by atoms with E-state index in [-0.39, 0.29) is 6.61 Å². The fraction of sp³-hybridized carbons (Fsp3) is 0.294. The number of esters is 1. The van der Waals surface area contributed by atoms with Gasteiger partial charge in [-0.25, -0.2) is 9.59 Å². The quantitative estimate of drug-likeness (QED) is 0.615. The molecular formula is C17H20N2O5. The van der Waals surface area contributed by atoms with Crippen LogP contribution in [0.3, 0.4) is 0 Å². The van der Waals surface area contributed by atoms with Crippen molar-refractivity contribution in [3.63, 3.8) is 0 Å². The third kappa shape index (κ3) is 3.51. The fourth-order valence-electron chi connectivity index (χ4n) is 2.46. The van der Waals surface area contributed by atoms with E-state index in [0.717, 1.165) is 0 Å². The molecule has 2 rings (SSSR count). The van der Waals surface area contributed by atoms with Crippen molar-refractivity contribution in [1.82, 2.24) is 10.6 Å². The number of allylic oxidation sites excluding steroid dienone is 1. The van der Waals surface area contributed by atoms with Gasteiger partial charge < -0.3 is 24.8 Å².